The maximum atomic E-state index is 12.0. The van der Waals surface area contributed by atoms with Gasteiger partial charge in [0.1, 0.15) is 5.71 Å². The van der Waals surface area contributed by atoms with Crippen molar-refractivity contribution in [3.63, 3.8) is 0 Å². The molecule has 0 aliphatic carbocycles. The normalized spacial score (nSPS) is 15.9. The lowest BCUT2D eigenvalue weighted by Crippen LogP contribution is -2.16. The molecule has 0 spiro atoms. The van der Waals surface area contributed by atoms with Crippen LogP contribution in [0.25, 0.3) is 0 Å². The molecule has 1 aromatic carbocycles. The second kappa shape index (κ2) is 5.49. The van der Waals surface area contributed by atoms with E-state index in [1.54, 1.807) is 6.07 Å². The minimum absolute atomic E-state index is 0.0281. The van der Waals surface area contributed by atoms with Gasteiger partial charge in [0, 0.05) is 11.6 Å². The lowest BCUT2D eigenvalue weighted by atomic mass is 10.0. The highest BCUT2D eigenvalue weighted by Gasteiger charge is 2.33. The first kappa shape index (κ1) is 14.9. The van der Waals surface area contributed by atoms with Gasteiger partial charge in [-0.3, -0.25) is 0 Å². The molecule has 2 rings (SSSR count). The van der Waals surface area contributed by atoms with E-state index in [9.17, 15) is 18.0 Å². The molecule has 1 aliphatic heterocycles. The third-order valence-electron chi connectivity index (χ3n) is 2.76. The van der Waals surface area contributed by atoms with Gasteiger partial charge in [-0.15, -0.1) is 0 Å². The molecule has 0 saturated heterocycles. The van der Waals surface area contributed by atoms with E-state index >= 15 is 0 Å². The van der Waals surface area contributed by atoms with Crippen molar-refractivity contribution in [2.75, 3.05) is 14.2 Å². The molecule has 1 heterocycles. The third kappa shape index (κ3) is 2.70. The van der Waals surface area contributed by atoms with Crippen LogP contribution in [-0.4, -0.2) is 40.3 Å². The molecule has 0 unspecified atom stereocenters. The molecular weight excluding hydrogens is 298 g/mol. The molecule has 0 amide bonds. The minimum Gasteiger partial charge on any atom is -0.466 e. The number of sulfonamides is 1. The van der Waals surface area contributed by atoms with Crippen LogP contribution in [0.15, 0.2) is 45.2 Å². The zero-order valence-corrected chi connectivity index (χ0v) is 12.0. The van der Waals surface area contributed by atoms with Gasteiger partial charge in [0.2, 0.25) is 0 Å². The van der Waals surface area contributed by atoms with Gasteiger partial charge in [-0.2, -0.15) is 12.8 Å². The summed E-state index contributed by atoms with van der Waals surface area (Å²) in [6.07, 6.45) is 0.849. The number of methoxy groups -OCH3 is 2. The van der Waals surface area contributed by atoms with E-state index in [0.29, 0.717) is 0 Å². The monoisotopic (exact) mass is 309 g/mol. The highest BCUT2D eigenvalue weighted by molar-refractivity contribution is 7.90. The van der Waals surface area contributed by atoms with E-state index in [1.165, 1.54) is 18.2 Å². The SMILES string of the molecule is COC(=O)/C=C(/C(=O)OC)C1=NS(=O)(=O)c2ccccc21. The molecule has 1 aliphatic rings. The highest BCUT2D eigenvalue weighted by atomic mass is 32.2. The van der Waals surface area contributed by atoms with Gasteiger partial charge in [0.15, 0.2) is 0 Å². The average molecular weight is 309 g/mol. The summed E-state index contributed by atoms with van der Waals surface area (Å²) in [6, 6.07) is 6.00. The highest BCUT2D eigenvalue weighted by Crippen LogP contribution is 2.29. The number of hydrogen-bond donors (Lipinski definition) is 0. The molecule has 0 aromatic heterocycles. The first-order chi connectivity index (χ1) is 9.90. The standard InChI is InChI=1S/C13H11NO6S/c1-19-11(15)7-9(13(16)20-2)12-8-5-3-4-6-10(8)21(17,18)14-12/h3-7H,1-2H3/b9-7+. The fourth-order valence-corrected chi connectivity index (χ4v) is 3.04. The summed E-state index contributed by atoms with van der Waals surface area (Å²) >= 11 is 0. The molecule has 1 aromatic rings. The number of rotatable bonds is 3. The van der Waals surface area contributed by atoms with Crippen molar-refractivity contribution in [2.45, 2.75) is 4.90 Å². The van der Waals surface area contributed by atoms with Crippen LogP contribution < -0.4 is 0 Å². The van der Waals surface area contributed by atoms with Crippen LogP contribution in [-0.2, 0) is 29.1 Å². The van der Waals surface area contributed by atoms with Crippen molar-refractivity contribution in [1.82, 2.24) is 0 Å². The van der Waals surface area contributed by atoms with E-state index in [4.69, 9.17) is 0 Å². The fourth-order valence-electron chi connectivity index (χ4n) is 1.81. The molecule has 21 heavy (non-hydrogen) atoms. The van der Waals surface area contributed by atoms with Gasteiger partial charge in [-0.1, -0.05) is 18.2 Å². The second-order valence-corrected chi connectivity index (χ2v) is 5.56. The summed E-state index contributed by atoms with van der Waals surface area (Å²) in [6.45, 7) is 0. The summed E-state index contributed by atoms with van der Waals surface area (Å²) in [5.74, 6) is -1.70. The largest absolute Gasteiger partial charge is 0.466 e. The number of carbonyl (C=O) groups is 2. The Morgan fingerprint density at radius 3 is 2.43 bits per heavy atom. The van der Waals surface area contributed by atoms with Crippen LogP contribution in [0.5, 0.6) is 0 Å². The van der Waals surface area contributed by atoms with Crippen molar-refractivity contribution >= 4 is 27.7 Å². The van der Waals surface area contributed by atoms with Gasteiger partial charge in [0.25, 0.3) is 10.0 Å². The minimum atomic E-state index is -3.90. The lowest BCUT2D eigenvalue weighted by Gasteiger charge is -2.05. The van der Waals surface area contributed by atoms with Crippen LogP contribution in [0.1, 0.15) is 5.56 Å². The number of carbonyl (C=O) groups excluding carboxylic acids is 2. The molecule has 0 radical (unpaired) electrons. The van der Waals surface area contributed by atoms with Crippen LogP contribution in [0, 0.1) is 0 Å². The van der Waals surface area contributed by atoms with Crippen molar-refractivity contribution in [3.05, 3.63) is 41.5 Å². The Labute approximate surface area is 120 Å². The quantitative estimate of drug-likeness (QED) is 0.594. The van der Waals surface area contributed by atoms with E-state index in [1.807, 2.05) is 0 Å². The molecule has 0 fully saturated rings. The van der Waals surface area contributed by atoms with Gasteiger partial charge in [-0.05, 0) is 6.07 Å². The Morgan fingerprint density at radius 1 is 1.14 bits per heavy atom. The van der Waals surface area contributed by atoms with Gasteiger partial charge in [0.05, 0.1) is 24.7 Å². The summed E-state index contributed by atoms with van der Waals surface area (Å²) in [5, 5.41) is 0. The van der Waals surface area contributed by atoms with E-state index in [0.717, 1.165) is 20.3 Å². The number of fused-ring (bicyclic) bond motifs is 1. The number of hydrogen-bond acceptors (Lipinski definition) is 6. The van der Waals surface area contributed by atoms with E-state index in [2.05, 4.69) is 13.9 Å². The smallest absolute Gasteiger partial charge is 0.340 e. The Bertz CT molecular complexity index is 776. The predicted molar refractivity (Wildman–Crippen MR) is 72.3 cm³/mol. The first-order valence-corrected chi connectivity index (χ1v) is 7.17. The van der Waals surface area contributed by atoms with Crippen molar-refractivity contribution in [1.29, 1.82) is 0 Å². The number of benzene rings is 1. The zero-order valence-electron chi connectivity index (χ0n) is 11.2. The first-order valence-electron chi connectivity index (χ1n) is 5.73. The van der Waals surface area contributed by atoms with Gasteiger partial charge in [-0.25, -0.2) is 9.59 Å². The second-order valence-electron chi connectivity index (χ2n) is 3.98. The van der Waals surface area contributed by atoms with E-state index < -0.39 is 22.0 Å². The molecule has 0 N–H and O–H groups in total. The predicted octanol–water partition coefficient (Wildman–Crippen LogP) is 0.450. The van der Waals surface area contributed by atoms with Crippen molar-refractivity contribution in [2.24, 2.45) is 4.40 Å². The van der Waals surface area contributed by atoms with Gasteiger partial charge >= 0.3 is 11.9 Å². The fraction of sp³-hybridized carbons (Fsp3) is 0.154. The molecular formula is C13H11NO6S. The van der Waals surface area contributed by atoms with Crippen LogP contribution in [0.3, 0.4) is 0 Å². The van der Waals surface area contributed by atoms with Crippen LogP contribution in [0.2, 0.25) is 0 Å². The number of esters is 2. The summed E-state index contributed by atoms with van der Waals surface area (Å²) in [5.41, 5.74) is -0.182. The summed E-state index contributed by atoms with van der Waals surface area (Å²) < 4.78 is 36.5. The molecule has 0 atom stereocenters. The molecule has 0 saturated carbocycles. The molecule has 0 bridgehead atoms. The van der Waals surface area contributed by atoms with Crippen LogP contribution in [0.4, 0.5) is 0 Å². The lowest BCUT2D eigenvalue weighted by molar-refractivity contribution is -0.138. The topological polar surface area (TPSA) is 99.1 Å². The summed E-state index contributed by atoms with van der Waals surface area (Å²) in [7, 11) is -1.65. The third-order valence-corrected chi connectivity index (χ3v) is 4.09. The zero-order chi connectivity index (χ0) is 15.6. The Hall–Kier alpha value is -2.48. The molecule has 110 valence electrons. The average Bonchev–Trinajstić information content (AvgIpc) is 2.76. The van der Waals surface area contributed by atoms with E-state index in [-0.39, 0.29) is 21.7 Å². The van der Waals surface area contributed by atoms with Gasteiger partial charge < -0.3 is 9.47 Å². The maximum Gasteiger partial charge on any atom is 0.340 e. The number of ether oxygens (including phenoxy) is 2. The molecule has 8 heteroatoms. The summed E-state index contributed by atoms with van der Waals surface area (Å²) in [4.78, 5) is 23.1. The Morgan fingerprint density at radius 2 is 1.81 bits per heavy atom. The van der Waals surface area contributed by atoms with Crippen LogP contribution >= 0.6 is 0 Å². The molecule has 7 nitrogen and oxygen atoms in total. The Balaban J connectivity index is 2.66. The number of nitrogens with zero attached hydrogens (tertiary/aromatic N) is 1. The van der Waals surface area contributed by atoms with Crippen molar-refractivity contribution < 1.29 is 27.5 Å². The Kier molecular flexibility index (Phi) is 3.90. The maximum absolute atomic E-state index is 12.0. The van der Waals surface area contributed by atoms with Crippen molar-refractivity contribution in [3.8, 4) is 0 Å².